The molecule has 1 fully saturated rings. The Hall–Kier alpha value is -1.82. The van der Waals surface area contributed by atoms with Gasteiger partial charge in [0.2, 0.25) is 0 Å². The Morgan fingerprint density at radius 1 is 1.33 bits per heavy atom. The van der Waals surface area contributed by atoms with E-state index in [9.17, 15) is 4.79 Å². The lowest BCUT2D eigenvalue weighted by Crippen LogP contribution is -2.42. The summed E-state index contributed by atoms with van der Waals surface area (Å²) >= 11 is 6.26. The number of fused-ring (bicyclic) bond motifs is 1. The van der Waals surface area contributed by atoms with Gasteiger partial charge in [-0.2, -0.15) is 5.10 Å². The number of ether oxygens (including phenoxy) is 1. The molecule has 2 aromatic rings. The van der Waals surface area contributed by atoms with Crippen LogP contribution in [0.15, 0.2) is 12.1 Å². The topological polar surface area (TPSA) is 59.7 Å². The SMILES string of the molecule is Cc1cc(Cl)n2nc(C3CCCCN3C(=O)OC(C)(C)C)cc2n1. The maximum absolute atomic E-state index is 12.6. The molecule has 24 heavy (non-hydrogen) atoms. The number of aromatic nitrogens is 3. The summed E-state index contributed by atoms with van der Waals surface area (Å²) in [5, 5.41) is 5.10. The summed E-state index contributed by atoms with van der Waals surface area (Å²) in [5.74, 6) is 0. The Morgan fingerprint density at radius 2 is 2.08 bits per heavy atom. The molecule has 6 nitrogen and oxygen atoms in total. The fourth-order valence-corrected chi connectivity index (χ4v) is 3.30. The number of halogens is 1. The van der Waals surface area contributed by atoms with Crippen molar-refractivity contribution in [2.75, 3.05) is 6.54 Å². The van der Waals surface area contributed by atoms with Crippen molar-refractivity contribution in [3.8, 4) is 0 Å². The summed E-state index contributed by atoms with van der Waals surface area (Å²) in [6.07, 6.45) is 2.60. The summed E-state index contributed by atoms with van der Waals surface area (Å²) in [6, 6.07) is 3.58. The lowest BCUT2D eigenvalue weighted by molar-refractivity contribution is 0.00898. The maximum atomic E-state index is 12.6. The highest BCUT2D eigenvalue weighted by Gasteiger charge is 2.33. The Morgan fingerprint density at radius 3 is 2.79 bits per heavy atom. The Bertz CT molecular complexity index is 766. The molecule has 7 heteroatoms. The number of hydrogen-bond acceptors (Lipinski definition) is 4. The molecule has 0 spiro atoms. The predicted octanol–water partition coefficient (Wildman–Crippen LogP) is 4.15. The van der Waals surface area contributed by atoms with Gasteiger partial charge in [0.05, 0.1) is 11.7 Å². The minimum absolute atomic E-state index is 0.105. The second kappa shape index (κ2) is 6.24. The summed E-state index contributed by atoms with van der Waals surface area (Å²) < 4.78 is 7.17. The highest BCUT2D eigenvalue weighted by molar-refractivity contribution is 6.29. The molecule has 1 amide bonds. The van der Waals surface area contributed by atoms with Gasteiger partial charge in [-0.05, 0) is 53.0 Å². The average molecular weight is 351 g/mol. The summed E-state index contributed by atoms with van der Waals surface area (Å²) in [5.41, 5.74) is 1.83. The summed E-state index contributed by atoms with van der Waals surface area (Å²) in [6.45, 7) is 8.20. The maximum Gasteiger partial charge on any atom is 0.410 e. The molecule has 1 aliphatic heterocycles. The number of carbonyl (C=O) groups is 1. The summed E-state index contributed by atoms with van der Waals surface area (Å²) in [4.78, 5) is 18.8. The predicted molar refractivity (Wildman–Crippen MR) is 92.3 cm³/mol. The smallest absolute Gasteiger partial charge is 0.410 e. The molecule has 0 aliphatic carbocycles. The molecule has 3 heterocycles. The van der Waals surface area contributed by atoms with Gasteiger partial charge in [-0.15, -0.1) is 0 Å². The summed E-state index contributed by atoms with van der Waals surface area (Å²) in [7, 11) is 0. The van der Waals surface area contributed by atoms with E-state index >= 15 is 0 Å². The molecule has 0 saturated carbocycles. The van der Waals surface area contributed by atoms with Crippen molar-refractivity contribution in [1.82, 2.24) is 19.5 Å². The third-order valence-corrected chi connectivity index (χ3v) is 4.27. The molecule has 3 rings (SSSR count). The van der Waals surface area contributed by atoms with E-state index < -0.39 is 5.60 Å². The van der Waals surface area contributed by atoms with Crippen molar-refractivity contribution in [2.45, 2.75) is 58.6 Å². The van der Waals surface area contributed by atoms with Crippen LogP contribution in [0.4, 0.5) is 4.79 Å². The van der Waals surface area contributed by atoms with Gasteiger partial charge in [0, 0.05) is 18.3 Å². The molecule has 0 bridgehead atoms. The number of piperidine rings is 1. The molecule has 2 aromatic heterocycles. The van der Waals surface area contributed by atoms with Gasteiger partial charge in [0.1, 0.15) is 10.8 Å². The van der Waals surface area contributed by atoms with Gasteiger partial charge in [-0.3, -0.25) is 4.90 Å². The number of likely N-dealkylation sites (tertiary alicyclic amines) is 1. The molecule has 1 aliphatic rings. The Balaban J connectivity index is 1.93. The highest BCUT2D eigenvalue weighted by Crippen LogP contribution is 2.32. The van der Waals surface area contributed by atoms with Gasteiger partial charge >= 0.3 is 6.09 Å². The van der Waals surface area contributed by atoms with E-state index in [1.54, 1.807) is 15.5 Å². The van der Waals surface area contributed by atoms with Crippen molar-refractivity contribution < 1.29 is 9.53 Å². The zero-order valence-electron chi connectivity index (χ0n) is 14.5. The molecule has 1 unspecified atom stereocenters. The zero-order valence-corrected chi connectivity index (χ0v) is 15.3. The van der Waals surface area contributed by atoms with E-state index in [-0.39, 0.29) is 12.1 Å². The first-order chi connectivity index (χ1) is 11.2. The van der Waals surface area contributed by atoms with Crippen molar-refractivity contribution >= 4 is 23.3 Å². The van der Waals surface area contributed by atoms with Gasteiger partial charge in [-0.1, -0.05) is 11.6 Å². The molecule has 0 aromatic carbocycles. The minimum atomic E-state index is -0.514. The van der Waals surface area contributed by atoms with Crippen LogP contribution < -0.4 is 0 Å². The molecular weight excluding hydrogens is 328 g/mol. The standard InChI is InChI=1S/C17H23ClN4O2/c1-11-9-14(18)22-15(19-11)10-12(20-22)13-7-5-6-8-21(13)16(23)24-17(2,3)4/h9-10,13H,5-8H2,1-4H3. The average Bonchev–Trinajstić information content (AvgIpc) is 2.89. The Kier molecular flexibility index (Phi) is 4.42. The molecule has 0 radical (unpaired) electrons. The van der Waals surface area contributed by atoms with Crippen LogP contribution in [0.3, 0.4) is 0 Å². The number of hydrogen-bond donors (Lipinski definition) is 0. The van der Waals surface area contributed by atoms with E-state index in [4.69, 9.17) is 16.3 Å². The van der Waals surface area contributed by atoms with E-state index in [0.717, 1.165) is 30.7 Å². The van der Waals surface area contributed by atoms with Crippen LogP contribution in [-0.2, 0) is 4.74 Å². The minimum Gasteiger partial charge on any atom is -0.444 e. The number of nitrogens with zero attached hydrogens (tertiary/aromatic N) is 4. The van der Waals surface area contributed by atoms with Gasteiger partial charge < -0.3 is 4.74 Å². The number of rotatable bonds is 1. The van der Waals surface area contributed by atoms with Crippen molar-refractivity contribution in [3.63, 3.8) is 0 Å². The van der Waals surface area contributed by atoms with Crippen LogP contribution in [0.5, 0.6) is 0 Å². The normalized spacial score (nSPS) is 18.9. The van der Waals surface area contributed by atoms with Crippen LogP contribution in [0.2, 0.25) is 5.15 Å². The molecule has 1 saturated heterocycles. The van der Waals surface area contributed by atoms with E-state index in [0.29, 0.717) is 17.3 Å². The van der Waals surface area contributed by atoms with Crippen molar-refractivity contribution in [1.29, 1.82) is 0 Å². The fourth-order valence-electron chi connectivity index (χ4n) is 3.01. The number of carbonyl (C=O) groups excluding carboxylic acids is 1. The number of amides is 1. The highest BCUT2D eigenvalue weighted by atomic mass is 35.5. The zero-order chi connectivity index (χ0) is 17.5. The molecule has 1 atom stereocenters. The first-order valence-electron chi connectivity index (χ1n) is 8.27. The van der Waals surface area contributed by atoms with Crippen LogP contribution in [0.25, 0.3) is 5.65 Å². The first kappa shape index (κ1) is 17.0. The van der Waals surface area contributed by atoms with E-state index in [2.05, 4.69) is 10.1 Å². The monoisotopic (exact) mass is 350 g/mol. The van der Waals surface area contributed by atoms with Crippen molar-refractivity contribution in [2.24, 2.45) is 0 Å². The van der Waals surface area contributed by atoms with Crippen LogP contribution in [-0.4, -0.2) is 37.7 Å². The van der Waals surface area contributed by atoms with Crippen molar-refractivity contribution in [3.05, 3.63) is 28.7 Å². The van der Waals surface area contributed by atoms with Gasteiger partial charge in [-0.25, -0.2) is 14.3 Å². The molecule has 0 N–H and O–H groups in total. The fraction of sp³-hybridized carbons (Fsp3) is 0.588. The molecule has 130 valence electrons. The number of aryl methyl sites for hydroxylation is 1. The lowest BCUT2D eigenvalue weighted by atomic mass is 10.00. The third kappa shape index (κ3) is 3.48. The van der Waals surface area contributed by atoms with Crippen LogP contribution >= 0.6 is 11.6 Å². The van der Waals surface area contributed by atoms with E-state index in [1.165, 1.54) is 0 Å². The van der Waals surface area contributed by atoms with Crippen LogP contribution in [0, 0.1) is 6.92 Å². The van der Waals surface area contributed by atoms with Gasteiger partial charge in [0.25, 0.3) is 0 Å². The van der Waals surface area contributed by atoms with Crippen LogP contribution in [0.1, 0.15) is 57.5 Å². The second-order valence-electron chi connectivity index (χ2n) is 7.24. The second-order valence-corrected chi connectivity index (χ2v) is 7.63. The van der Waals surface area contributed by atoms with E-state index in [1.807, 2.05) is 33.8 Å². The molecular formula is C17H23ClN4O2. The van der Waals surface area contributed by atoms with Gasteiger partial charge in [0.15, 0.2) is 5.65 Å². The third-order valence-electron chi connectivity index (χ3n) is 4.00. The largest absolute Gasteiger partial charge is 0.444 e. The lowest BCUT2D eigenvalue weighted by Gasteiger charge is -2.35. The Labute approximate surface area is 146 Å². The first-order valence-corrected chi connectivity index (χ1v) is 8.65. The quantitative estimate of drug-likeness (QED) is 0.725.